The van der Waals surface area contributed by atoms with Gasteiger partial charge >= 0.3 is 6.09 Å². The first kappa shape index (κ1) is 40.3. The van der Waals surface area contributed by atoms with Crippen LogP contribution in [0.2, 0.25) is 0 Å². The van der Waals surface area contributed by atoms with Crippen LogP contribution in [-0.4, -0.2) is 82.2 Å². The summed E-state index contributed by atoms with van der Waals surface area (Å²) in [5.41, 5.74) is 0.610. The maximum absolute atomic E-state index is 13.4. The van der Waals surface area contributed by atoms with Gasteiger partial charge in [-0.2, -0.15) is 0 Å². The smallest absolute Gasteiger partial charge is 0.404 e. The Morgan fingerprint density at radius 2 is 1.35 bits per heavy atom. The molecule has 1 rings (SSSR count). The SMILES string of the molecule is Cc1nc(C[C@H](C)C(=O)N[C@@H](CNC(=O)O)C(=O)N[C@@H](CC(C)C)[C@@H](O)C[C@@H](C)C(=O)N[C@H](C(=O)NCC(C)C)C(C)C)c(C)o1. The number of oxazole rings is 1. The Kier molecular flexibility index (Phi) is 16.7. The molecule has 0 fully saturated rings. The first-order valence-electron chi connectivity index (χ1n) is 16.1. The molecule has 6 atom stereocenters. The van der Waals surface area contributed by atoms with Crippen LogP contribution in [0.5, 0.6) is 0 Å². The highest BCUT2D eigenvalue weighted by Gasteiger charge is 2.32. The van der Waals surface area contributed by atoms with Gasteiger partial charge in [-0.1, -0.05) is 55.4 Å². The maximum atomic E-state index is 13.4. The van der Waals surface area contributed by atoms with Gasteiger partial charge in [0.05, 0.1) is 24.4 Å². The molecule has 0 unspecified atom stereocenters. The lowest BCUT2D eigenvalue weighted by atomic mass is 9.91. The molecule has 262 valence electrons. The van der Waals surface area contributed by atoms with Crippen molar-refractivity contribution in [1.29, 1.82) is 0 Å². The van der Waals surface area contributed by atoms with Crippen molar-refractivity contribution in [2.45, 2.75) is 113 Å². The Hall–Kier alpha value is -3.68. The fraction of sp³-hybridized carbons (Fsp3) is 0.750. The zero-order chi connectivity index (χ0) is 35.3. The van der Waals surface area contributed by atoms with Crippen molar-refractivity contribution in [3.63, 3.8) is 0 Å². The van der Waals surface area contributed by atoms with Gasteiger partial charge in [-0.25, -0.2) is 9.78 Å². The summed E-state index contributed by atoms with van der Waals surface area (Å²) >= 11 is 0. The topological polar surface area (TPSA) is 212 Å². The maximum Gasteiger partial charge on any atom is 0.404 e. The third-order valence-electron chi connectivity index (χ3n) is 7.53. The number of amides is 5. The molecule has 46 heavy (non-hydrogen) atoms. The number of carbonyl (C=O) groups excluding carboxylic acids is 4. The normalized spacial score (nSPS) is 15.4. The highest BCUT2D eigenvalue weighted by molar-refractivity contribution is 5.90. The van der Waals surface area contributed by atoms with Gasteiger partial charge in [0.25, 0.3) is 0 Å². The Morgan fingerprint density at radius 1 is 0.739 bits per heavy atom. The first-order chi connectivity index (χ1) is 21.3. The minimum Gasteiger partial charge on any atom is -0.465 e. The van der Waals surface area contributed by atoms with E-state index in [0.29, 0.717) is 30.3 Å². The quantitative estimate of drug-likeness (QED) is 0.116. The van der Waals surface area contributed by atoms with Crippen LogP contribution in [0, 0.1) is 43.4 Å². The minimum atomic E-state index is -1.37. The van der Waals surface area contributed by atoms with E-state index in [0.717, 1.165) is 0 Å². The molecule has 7 N–H and O–H groups in total. The van der Waals surface area contributed by atoms with Crippen LogP contribution in [0.15, 0.2) is 4.42 Å². The van der Waals surface area contributed by atoms with Crippen molar-refractivity contribution in [2.75, 3.05) is 13.1 Å². The van der Waals surface area contributed by atoms with Crippen molar-refractivity contribution in [3.8, 4) is 0 Å². The molecule has 0 aliphatic rings. The lowest BCUT2D eigenvalue weighted by molar-refractivity contribution is -0.133. The lowest BCUT2D eigenvalue weighted by Gasteiger charge is -2.30. The molecule has 1 aromatic heterocycles. The van der Waals surface area contributed by atoms with E-state index in [1.807, 2.05) is 41.5 Å². The van der Waals surface area contributed by atoms with E-state index in [1.165, 1.54) is 0 Å². The van der Waals surface area contributed by atoms with Gasteiger partial charge in [0, 0.05) is 31.7 Å². The predicted octanol–water partition coefficient (Wildman–Crippen LogP) is 2.05. The van der Waals surface area contributed by atoms with Gasteiger partial charge in [-0.15, -0.1) is 0 Å². The van der Waals surface area contributed by atoms with Crippen LogP contribution in [0.1, 0.15) is 85.6 Å². The van der Waals surface area contributed by atoms with Gasteiger partial charge in [-0.05, 0) is 37.5 Å². The second-order valence-corrected chi connectivity index (χ2v) is 13.4. The van der Waals surface area contributed by atoms with Crippen molar-refractivity contribution in [3.05, 3.63) is 17.3 Å². The Balaban J connectivity index is 3.00. The molecule has 14 nitrogen and oxygen atoms in total. The number of nitrogens with zero attached hydrogens (tertiary/aromatic N) is 1. The number of carbonyl (C=O) groups is 5. The predicted molar refractivity (Wildman–Crippen MR) is 173 cm³/mol. The molecule has 5 amide bonds. The molecule has 0 bridgehead atoms. The summed E-state index contributed by atoms with van der Waals surface area (Å²) in [5, 5.41) is 33.5. The monoisotopic (exact) mass is 652 g/mol. The fourth-order valence-corrected chi connectivity index (χ4v) is 4.84. The Morgan fingerprint density at radius 3 is 1.85 bits per heavy atom. The summed E-state index contributed by atoms with van der Waals surface area (Å²) in [4.78, 5) is 67.8. The van der Waals surface area contributed by atoms with Gasteiger partial charge in [0.15, 0.2) is 5.89 Å². The van der Waals surface area contributed by atoms with E-state index in [-0.39, 0.29) is 36.5 Å². The van der Waals surface area contributed by atoms with Crippen molar-refractivity contribution >= 4 is 29.7 Å². The average Bonchev–Trinajstić information content (AvgIpc) is 3.26. The number of hydrogen-bond donors (Lipinski definition) is 7. The van der Waals surface area contributed by atoms with E-state index in [9.17, 15) is 29.1 Å². The molecule has 0 aromatic carbocycles. The number of aliphatic hydroxyl groups excluding tert-OH is 1. The standard InChI is InChI=1S/C32H56N6O8/c1-16(2)11-24(26(39)13-20(8)29(41)38-27(18(5)6)31(43)33-14-17(3)4)36-30(42)25(15-34-32(44)45)37-28(40)19(7)12-23-21(9)46-22(10)35-23/h16-20,24-27,34,39H,11-15H2,1-10H3,(H,33,43)(H,36,42)(H,37,40)(H,38,41)(H,44,45)/t19-,20+,24-,25-,26-,27-/m0/s1. The summed E-state index contributed by atoms with van der Waals surface area (Å²) in [6, 6.07) is -2.83. The summed E-state index contributed by atoms with van der Waals surface area (Å²) in [5.74, 6) is -2.00. The van der Waals surface area contributed by atoms with Gasteiger partial charge in [0.2, 0.25) is 23.6 Å². The van der Waals surface area contributed by atoms with Crippen LogP contribution in [0.4, 0.5) is 4.79 Å². The van der Waals surface area contributed by atoms with E-state index < -0.39 is 66.4 Å². The third-order valence-corrected chi connectivity index (χ3v) is 7.53. The molecule has 0 aliphatic heterocycles. The van der Waals surface area contributed by atoms with Crippen LogP contribution in [0.3, 0.4) is 0 Å². The third kappa shape index (κ3) is 14.2. The molecule has 14 heteroatoms. The molecule has 0 radical (unpaired) electrons. The van der Waals surface area contributed by atoms with Crippen molar-refractivity contribution < 1.29 is 38.6 Å². The molecule has 0 saturated carbocycles. The number of rotatable bonds is 19. The van der Waals surface area contributed by atoms with Gasteiger partial charge in [-0.3, -0.25) is 19.2 Å². The Labute approximate surface area is 272 Å². The molecule has 0 spiro atoms. The van der Waals surface area contributed by atoms with E-state index in [1.54, 1.807) is 27.7 Å². The number of nitrogens with one attached hydrogen (secondary N) is 5. The van der Waals surface area contributed by atoms with Crippen LogP contribution in [0.25, 0.3) is 0 Å². The van der Waals surface area contributed by atoms with Crippen LogP contribution in [-0.2, 0) is 25.6 Å². The number of aliphatic hydroxyl groups is 1. The second-order valence-electron chi connectivity index (χ2n) is 13.4. The molecular weight excluding hydrogens is 596 g/mol. The highest BCUT2D eigenvalue weighted by atomic mass is 16.4. The van der Waals surface area contributed by atoms with E-state index in [4.69, 9.17) is 9.52 Å². The number of hydrogen-bond acceptors (Lipinski definition) is 8. The first-order valence-corrected chi connectivity index (χ1v) is 16.1. The molecular formula is C32H56N6O8. The molecule has 0 aliphatic carbocycles. The minimum absolute atomic E-state index is 0.0141. The molecule has 1 aromatic rings. The summed E-state index contributed by atoms with van der Waals surface area (Å²) < 4.78 is 5.43. The van der Waals surface area contributed by atoms with Crippen molar-refractivity contribution in [1.82, 2.24) is 31.6 Å². The molecule has 1 heterocycles. The fourth-order valence-electron chi connectivity index (χ4n) is 4.84. The number of carboxylic acid groups (broad SMARTS) is 1. The van der Waals surface area contributed by atoms with Crippen molar-refractivity contribution in [2.24, 2.45) is 29.6 Å². The van der Waals surface area contributed by atoms with Gasteiger partial charge in [0.1, 0.15) is 17.8 Å². The summed E-state index contributed by atoms with van der Waals surface area (Å²) in [6.45, 7) is 18.2. The van der Waals surface area contributed by atoms with E-state index in [2.05, 4.69) is 31.6 Å². The largest absolute Gasteiger partial charge is 0.465 e. The lowest BCUT2D eigenvalue weighted by Crippen LogP contribution is -2.57. The second kappa shape index (κ2) is 19.1. The Bertz CT molecular complexity index is 1170. The number of aromatic nitrogens is 1. The highest BCUT2D eigenvalue weighted by Crippen LogP contribution is 2.17. The van der Waals surface area contributed by atoms with E-state index >= 15 is 0 Å². The summed E-state index contributed by atoms with van der Waals surface area (Å²) in [6.07, 6.45) is -1.94. The number of aryl methyl sites for hydroxylation is 2. The summed E-state index contributed by atoms with van der Waals surface area (Å²) in [7, 11) is 0. The van der Waals surface area contributed by atoms with Crippen LogP contribution < -0.4 is 26.6 Å². The zero-order valence-electron chi connectivity index (χ0n) is 29.0. The average molecular weight is 653 g/mol. The zero-order valence-corrected chi connectivity index (χ0v) is 29.0. The molecule has 0 saturated heterocycles. The van der Waals surface area contributed by atoms with Gasteiger partial charge < -0.3 is 41.2 Å². The van der Waals surface area contributed by atoms with Crippen LogP contribution >= 0.6 is 0 Å².